The van der Waals surface area contributed by atoms with E-state index in [1.54, 1.807) is 17.4 Å². The monoisotopic (exact) mass is 298 g/mol. The summed E-state index contributed by atoms with van der Waals surface area (Å²) in [4.78, 5) is 16.8. The SMILES string of the molecule is CC(Nc1ncc(C(=O)O)c2ccccc12)c1cccs1. The number of benzene rings is 1. The van der Waals surface area contributed by atoms with Crippen molar-refractivity contribution in [3.63, 3.8) is 0 Å². The van der Waals surface area contributed by atoms with Gasteiger partial charge in [-0.15, -0.1) is 11.3 Å². The zero-order chi connectivity index (χ0) is 14.8. The van der Waals surface area contributed by atoms with Crippen molar-refractivity contribution in [2.24, 2.45) is 0 Å². The highest BCUT2D eigenvalue weighted by molar-refractivity contribution is 7.10. The summed E-state index contributed by atoms with van der Waals surface area (Å²) < 4.78 is 0. The minimum absolute atomic E-state index is 0.122. The van der Waals surface area contributed by atoms with Crippen molar-refractivity contribution in [1.82, 2.24) is 4.98 Å². The molecule has 0 fully saturated rings. The molecule has 21 heavy (non-hydrogen) atoms. The Bertz CT molecular complexity index is 784. The maximum absolute atomic E-state index is 11.3. The van der Waals surface area contributed by atoms with Gasteiger partial charge in [-0.1, -0.05) is 30.3 Å². The van der Waals surface area contributed by atoms with Crippen LogP contribution in [0, 0.1) is 0 Å². The molecule has 2 aromatic heterocycles. The van der Waals surface area contributed by atoms with Gasteiger partial charge in [-0.2, -0.15) is 0 Å². The van der Waals surface area contributed by atoms with Crippen molar-refractivity contribution < 1.29 is 9.90 Å². The molecule has 0 aliphatic rings. The van der Waals surface area contributed by atoms with Gasteiger partial charge in [0.1, 0.15) is 5.82 Å². The molecule has 2 heterocycles. The number of carbonyl (C=O) groups is 1. The number of rotatable bonds is 4. The first-order chi connectivity index (χ1) is 10.2. The first kappa shape index (κ1) is 13.6. The van der Waals surface area contributed by atoms with E-state index in [-0.39, 0.29) is 11.6 Å². The number of hydrogen-bond donors (Lipinski definition) is 2. The normalized spacial score (nSPS) is 12.2. The van der Waals surface area contributed by atoms with E-state index in [0.29, 0.717) is 11.2 Å². The van der Waals surface area contributed by atoms with Crippen LogP contribution < -0.4 is 5.32 Å². The summed E-state index contributed by atoms with van der Waals surface area (Å²) in [6.07, 6.45) is 1.41. The predicted octanol–water partition coefficient (Wildman–Crippen LogP) is 4.17. The molecule has 0 saturated carbocycles. The van der Waals surface area contributed by atoms with Crippen molar-refractivity contribution in [1.29, 1.82) is 0 Å². The molecule has 0 aliphatic carbocycles. The Labute approximate surface area is 126 Å². The Morgan fingerprint density at radius 1 is 1.24 bits per heavy atom. The van der Waals surface area contributed by atoms with Crippen molar-refractivity contribution >= 4 is 33.9 Å². The lowest BCUT2D eigenvalue weighted by Gasteiger charge is -2.15. The van der Waals surface area contributed by atoms with Crippen LogP contribution in [0.15, 0.2) is 48.0 Å². The van der Waals surface area contributed by atoms with Crippen LogP contribution in [0.4, 0.5) is 5.82 Å². The predicted molar refractivity (Wildman–Crippen MR) is 85.1 cm³/mol. The number of anilines is 1. The number of pyridine rings is 1. The minimum Gasteiger partial charge on any atom is -0.478 e. The van der Waals surface area contributed by atoms with Crippen LogP contribution in [0.2, 0.25) is 0 Å². The second kappa shape index (κ2) is 5.54. The molecule has 106 valence electrons. The van der Waals surface area contributed by atoms with Crippen molar-refractivity contribution in [3.8, 4) is 0 Å². The third-order valence-electron chi connectivity index (χ3n) is 3.35. The van der Waals surface area contributed by atoms with E-state index in [1.807, 2.05) is 29.6 Å². The van der Waals surface area contributed by atoms with E-state index in [9.17, 15) is 9.90 Å². The first-order valence-electron chi connectivity index (χ1n) is 6.58. The van der Waals surface area contributed by atoms with E-state index in [4.69, 9.17) is 0 Å². The van der Waals surface area contributed by atoms with Crippen LogP contribution in [0.25, 0.3) is 10.8 Å². The fraction of sp³-hybridized carbons (Fsp3) is 0.125. The second-order valence-electron chi connectivity index (χ2n) is 4.75. The number of thiophene rings is 1. The number of hydrogen-bond acceptors (Lipinski definition) is 4. The van der Waals surface area contributed by atoms with Crippen LogP contribution in [-0.2, 0) is 0 Å². The summed E-state index contributed by atoms with van der Waals surface area (Å²) in [6, 6.07) is 11.6. The standard InChI is InChI=1S/C16H14N2O2S/c1-10(14-7-4-8-21-14)18-15-12-6-3-2-5-11(12)13(9-17-15)16(19)20/h2-10H,1H3,(H,17,18)(H,19,20). The van der Waals surface area contributed by atoms with Crippen LogP contribution in [0.3, 0.4) is 0 Å². The van der Waals surface area contributed by atoms with Crippen molar-refractivity contribution in [2.45, 2.75) is 13.0 Å². The summed E-state index contributed by atoms with van der Waals surface area (Å²) >= 11 is 1.68. The van der Waals surface area contributed by atoms with Gasteiger partial charge < -0.3 is 10.4 Å². The van der Waals surface area contributed by atoms with Crippen LogP contribution in [0.5, 0.6) is 0 Å². The Morgan fingerprint density at radius 2 is 2.00 bits per heavy atom. The molecule has 3 rings (SSSR count). The smallest absolute Gasteiger partial charge is 0.337 e. The van der Waals surface area contributed by atoms with Gasteiger partial charge in [0.05, 0.1) is 11.6 Å². The molecular formula is C16H14N2O2S. The second-order valence-corrected chi connectivity index (χ2v) is 5.73. The number of nitrogens with one attached hydrogen (secondary N) is 1. The van der Waals surface area contributed by atoms with E-state index >= 15 is 0 Å². The molecule has 5 heteroatoms. The number of aromatic nitrogens is 1. The summed E-state index contributed by atoms with van der Waals surface area (Å²) in [7, 11) is 0. The molecule has 1 atom stereocenters. The molecule has 3 aromatic rings. The maximum Gasteiger partial charge on any atom is 0.337 e. The highest BCUT2D eigenvalue weighted by atomic mass is 32.1. The molecule has 0 radical (unpaired) electrons. The van der Waals surface area contributed by atoms with E-state index < -0.39 is 5.97 Å². The number of carboxylic acids is 1. The van der Waals surface area contributed by atoms with Gasteiger partial charge in [0.15, 0.2) is 0 Å². The molecule has 0 aliphatic heterocycles. The van der Waals surface area contributed by atoms with E-state index in [1.165, 1.54) is 11.1 Å². The lowest BCUT2D eigenvalue weighted by Crippen LogP contribution is -2.08. The molecule has 1 aromatic carbocycles. The molecule has 2 N–H and O–H groups in total. The summed E-state index contributed by atoms with van der Waals surface area (Å²) in [5.74, 6) is -0.256. The number of nitrogens with zero attached hydrogens (tertiary/aromatic N) is 1. The average Bonchev–Trinajstić information content (AvgIpc) is 3.01. The quantitative estimate of drug-likeness (QED) is 0.759. The maximum atomic E-state index is 11.3. The highest BCUT2D eigenvalue weighted by Gasteiger charge is 2.14. The van der Waals surface area contributed by atoms with Crippen LogP contribution in [0.1, 0.15) is 28.2 Å². The lowest BCUT2D eigenvalue weighted by molar-refractivity contribution is 0.0698. The summed E-state index contributed by atoms with van der Waals surface area (Å²) in [5, 5.41) is 16.2. The van der Waals surface area contributed by atoms with Crippen molar-refractivity contribution in [2.75, 3.05) is 5.32 Å². The van der Waals surface area contributed by atoms with Gasteiger partial charge in [-0.05, 0) is 18.4 Å². The lowest BCUT2D eigenvalue weighted by atomic mass is 10.1. The van der Waals surface area contributed by atoms with Gasteiger partial charge in [0.25, 0.3) is 0 Å². The van der Waals surface area contributed by atoms with Crippen LogP contribution >= 0.6 is 11.3 Å². The van der Waals surface area contributed by atoms with E-state index in [2.05, 4.69) is 23.3 Å². The minimum atomic E-state index is -0.962. The Morgan fingerprint density at radius 3 is 2.67 bits per heavy atom. The number of carboxylic acid groups (broad SMARTS) is 1. The fourth-order valence-electron chi connectivity index (χ4n) is 2.29. The largest absolute Gasteiger partial charge is 0.478 e. The van der Waals surface area contributed by atoms with Gasteiger partial charge >= 0.3 is 5.97 Å². The Hall–Kier alpha value is -2.40. The molecule has 0 amide bonds. The highest BCUT2D eigenvalue weighted by Crippen LogP contribution is 2.28. The molecular weight excluding hydrogens is 284 g/mol. The topological polar surface area (TPSA) is 62.2 Å². The molecule has 1 unspecified atom stereocenters. The number of aromatic carboxylic acids is 1. The summed E-state index contributed by atoms with van der Waals surface area (Å²) in [5.41, 5.74) is 0.222. The van der Waals surface area contributed by atoms with Crippen LogP contribution in [-0.4, -0.2) is 16.1 Å². The average molecular weight is 298 g/mol. The molecule has 0 bridgehead atoms. The Kier molecular flexibility index (Phi) is 3.58. The van der Waals surface area contributed by atoms with Gasteiger partial charge in [-0.25, -0.2) is 9.78 Å². The third kappa shape index (κ3) is 2.60. The third-order valence-corrected chi connectivity index (χ3v) is 4.40. The molecule has 0 spiro atoms. The van der Waals surface area contributed by atoms with Crippen molar-refractivity contribution in [3.05, 3.63) is 58.4 Å². The first-order valence-corrected chi connectivity index (χ1v) is 7.46. The zero-order valence-corrected chi connectivity index (χ0v) is 12.2. The zero-order valence-electron chi connectivity index (χ0n) is 11.4. The molecule has 4 nitrogen and oxygen atoms in total. The van der Waals surface area contributed by atoms with Gasteiger partial charge in [0.2, 0.25) is 0 Å². The summed E-state index contributed by atoms with van der Waals surface area (Å²) in [6.45, 7) is 2.06. The number of fused-ring (bicyclic) bond motifs is 1. The van der Waals surface area contributed by atoms with Gasteiger partial charge in [-0.3, -0.25) is 0 Å². The van der Waals surface area contributed by atoms with E-state index in [0.717, 1.165) is 5.39 Å². The fourth-order valence-corrected chi connectivity index (χ4v) is 3.03. The van der Waals surface area contributed by atoms with Gasteiger partial charge in [0, 0.05) is 21.8 Å². The molecule has 0 saturated heterocycles. The Balaban J connectivity index is 2.04.